The molecule has 0 atom stereocenters. The van der Waals surface area contributed by atoms with Crippen molar-refractivity contribution in [3.63, 3.8) is 0 Å². The summed E-state index contributed by atoms with van der Waals surface area (Å²) in [6, 6.07) is 9.27. The molecule has 7 heteroatoms. The summed E-state index contributed by atoms with van der Waals surface area (Å²) in [4.78, 5) is 21.4. The molecule has 0 radical (unpaired) electrons. The molecule has 1 aromatic heterocycles. The van der Waals surface area contributed by atoms with E-state index in [0.29, 0.717) is 18.0 Å². The Morgan fingerprint density at radius 1 is 1.40 bits per heavy atom. The number of nitrogens with zero attached hydrogens (tertiary/aromatic N) is 1. The molecule has 0 amide bonds. The number of anilines is 1. The topological polar surface area (TPSA) is 94.6 Å². The average molecular weight is 276 g/mol. The highest BCUT2D eigenvalue weighted by molar-refractivity contribution is 5.86. The van der Waals surface area contributed by atoms with Crippen LogP contribution in [0.25, 0.3) is 0 Å². The Kier molecular flexibility index (Phi) is 3.99. The van der Waals surface area contributed by atoms with E-state index in [0.717, 1.165) is 0 Å². The number of hydrogen-bond acceptors (Lipinski definition) is 6. The molecule has 1 N–H and O–H groups in total. The van der Waals surface area contributed by atoms with E-state index >= 15 is 0 Å². The highest BCUT2D eigenvalue weighted by atomic mass is 16.6. The Balaban J connectivity index is 2.01. The molecule has 0 bridgehead atoms. The average Bonchev–Trinajstić information content (AvgIpc) is 2.93. The maximum absolute atomic E-state index is 11.2. The van der Waals surface area contributed by atoms with Gasteiger partial charge in [0, 0.05) is 17.8 Å². The van der Waals surface area contributed by atoms with Crippen LogP contribution in [-0.4, -0.2) is 18.0 Å². The normalized spacial score (nSPS) is 10.1. The van der Waals surface area contributed by atoms with Gasteiger partial charge in [0.2, 0.25) is 5.76 Å². The third-order valence-corrected chi connectivity index (χ3v) is 2.57. The van der Waals surface area contributed by atoms with Crippen molar-refractivity contribution in [2.45, 2.75) is 6.54 Å². The summed E-state index contributed by atoms with van der Waals surface area (Å²) < 4.78 is 9.79. The van der Waals surface area contributed by atoms with Gasteiger partial charge in [-0.15, -0.1) is 0 Å². The largest absolute Gasteiger partial charge is 0.463 e. The van der Waals surface area contributed by atoms with Crippen molar-refractivity contribution >= 4 is 17.3 Å². The lowest BCUT2D eigenvalue weighted by Crippen LogP contribution is -2.00. The lowest BCUT2D eigenvalue weighted by atomic mass is 10.3. The number of nitrogens with one attached hydrogen (secondary N) is 1. The first-order chi connectivity index (χ1) is 9.60. The number of hydrogen-bond donors (Lipinski definition) is 1. The van der Waals surface area contributed by atoms with Crippen molar-refractivity contribution in [1.29, 1.82) is 0 Å². The molecule has 2 rings (SSSR count). The van der Waals surface area contributed by atoms with Gasteiger partial charge in [-0.05, 0) is 18.2 Å². The summed E-state index contributed by atoms with van der Waals surface area (Å²) in [6.45, 7) is 0.304. The van der Waals surface area contributed by atoms with Gasteiger partial charge in [-0.2, -0.15) is 0 Å². The van der Waals surface area contributed by atoms with Crippen LogP contribution in [0.5, 0.6) is 0 Å². The molecular formula is C13H12N2O5. The molecular weight excluding hydrogens is 264 g/mol. The molecule has 1 aromatic carbocycles. The number of non-ortho nitro benzene ring substituents is 1. The summed E-state index contributed by atoms with van der Waals surface area (Å²) in [5, 5.41) is 13.6. The quantitative estimate of drug-likeness (QED) is 0.512. The number of nitro groups is 1. The number of benzene rings is 1. The number of carbonyl (C=O) groups excluding carboxylic acids is 1. The van der Waals surface area contributed by atoms with Gasteiger partial charge in [-0.3, -0.25) is 10.1 Å². The number of methoxy groups -OCH3 is 1. The predicted molar refractivity (Wildman–Crippen MR) is 70.5 cm³/mol. The van der Waals surface area contributed by atoms with Crippen molar-refractivity contribution in [3.8, 4) is 0 Å². The minimum atomic E-state index is -0.549. The van der Waals surface area contributed by atoms with Crippen LogP contribution in [0.3, 0.4) is 0 Å². The smallest absolute Gasteiger partial charge is 0.373 e. The Bertz CT molecular complexity index is 635. The van der Waals surface area contributed by atoms with Gasteiger partial charge in [0.1, 0.15) is 5.76 Å². The zero-order valence-corrected chi connectivity index (χ0v) is 10.7. The van der Waals surface area contributed by atoms with Crippen LogP contribution >= 0.6 is 0 Å². The van der Waals surface area contributed by atoms with Gasteiger partial charge in [0.05, 0.1) is 18.6 Å². The minimum absolute atomic E-state index is 0.00435. The Morgan fingerprint density at radius 2 is 2.20 bits per heavy atom. The van der Waals surface area contributed by atoms with Crippen LogP contribution < -0.4 is 5.32 Å². The fraction of sp³-hybridized carbons (Fsp3) is 0.154. The molecule has 0 spiro atoms. The SMILES string of the molecule is COC(=O)c1ccc(CNc2cccc([N+](=O)[O-])c2)o1. The molecule has 0 unspecified atom stereocenters. The lowest BCUT2D eigenvalue weighted by molar-refractivity contribution is -0.384. The number of rotatable bonds is 5. The number of esters is 1. The van der Waals surface area contributed by atoms with Crippen LogP contribution in [0.4, 0.5) is 11.4 Å². The first kappa shape index (κ1) is 13.6. The molecule has 0 aliphatic heterocycles. The van der Waals surface area contributed by atoms with Gasteiger partial charge in [-0.25, -0.2) is 4.79 Å². The highest BCUT2D eigenvalue weighted by Gasteiger charge is 2.11. The summed E-state index contributed by atoms with van der Waals surface area (Å²) >= 11 is 0. The van der Waals surface area contributed by atoms with Crippen LogP contribution in [0.2, 0.25) is 0 Å². The molecule has 7 nitrogen and oxygen atoms in total. The number of ether oxygens (including phenoxy) is 1. The molecule has 0 fully saturated rings. The van der Waals surface area contributed by atoms with Crippen molar-refractivity contribution in [3.05, 3.63) is 58.0 Å². The molecule has 20 heavy (non-hydrogen) atoms. The molecule has 1 heterocycles. The van der Waals surface area contributed by atoms with Crippen molar-refractivity contribution in [2.24, 2.45) is 0 Å². The third-order valence-electron chi connectivity index (χ3n) is 2.57. The zero-order chi connectivity index (χ0) is 14.5. The highest BCUT2D eigenvalue weighted by Crippen LogP contribution is 2.18. The van der Waals surface area contributed by atoms with Crippen LogP contribution in [0.15, 0.2) is 40.8 Å². The number of carbonyl (C=O) groups is 1. The monoisotopic (exact) mass is 276 g/mol. The molecule has 0 aliphatic rings. The van der Waals surface area contributed by atoms with Crippen molar-refractivity contribution in [2.75, 3.05) is 12.4 Å². The molecule has 0 aliphatic carbocycles. The van der Waals surface area contributed by atoms with E-state index in [1.165, 1.54) is 25.3 Å². The Hall–Kier alpha value is -2.83. The van der Waals surface area contributed by atoms with E-state index in [4.69, 9.17) is 4.42 Å². The Morgan fingerprint density at radius 3 is 2.90 bits per heavy atom. The molecule has 0 saturated heterocycles. The van der Waals surface area contributed by atoms with Crippen LogP contribution in [0, 0.1) is 10.1 Å². The second kappa shape index (κ2) is 5.87. The van der Waals surface area contributed by atoms with E-state index in [1.807, 2.05) is 0 Å². The van der Waals surface area contributed by atoms with Gasteiger partial charge < -0.3 is 14.5 Å². The molecule has 104 valence electrons. The van der Waals surface area contributed by atoms with Crippen molar-refractivity contribution < 1.29 is 18.9 Å². The van der Waals surface area contributed by atoms with Gasteiger partial charge in [-0.1, -0.05) is 6.07 Å². The van der Waals surface area contributed by atoms with E-state index in [2.05, 4.69) is 10.1 Å². The first-order valence-corrected chi connectivity index (χ1v) is 5.75. The number of nitro benzene ring substituents is 1. The van der Waals surface area contributed by atoms with Gasteiger partial charge in [0.15, 0.2) is 0 Å². The zero-order valence-electron chi connectivity index (χ0n) is 10.7. The second-order valence-electron chi connectivity index (χ2n) is 3.92. The van der Waals surface area contributed by atoms with E-state index in [1.54, 1.807) is 18.2 Å². The van der Waals surface area contributed by atoms with Crippen LogP contribution in [-0.2, 0) is 11.3 Å². The summed E-state index contributed by atoms with van der Waals surface area (Å²) in [6.07, 6.45) is 0. The second-order valence-corrected chi connectivity index (χ2v) is 3.92. The van der Waals surface area contributed by atoms with Crippen molar-refractivity contribution in [1.82, 2.24) is 0 Å². The van der Waals surface area contributed by atoms with Crippen LogP contribution in [0.1, 0.15) is 16.3 Å². The Labute approximate surface area is 114 Å². The lowest BCUT2D eigenvalue weighted by Gasteiger charge is -2.03. The first-order valence-electron chi connectivity index (χ1n) is 5.75. The number of furan rings is 1. The maximum atomic E-state index is 11.2. The van der Waals surface area contributed by atoms with E-state index < -0.39 is 10.9 Å². The van der Waals surface area contributed by atoms with E-state index in [-0.39, 0.29) is 11.4 Å². The minimum Gasteiger partial charge on any atom is -0.463 e. The standard InChI is InChI=1S/C13H12N2O5/c1-19-13(16)12-6-5-11(20-12)8-14-9-3-2-4-10(7-9)15(17)18/h2-7,14H,8H2,1H3. The summed E-state index contributed by atoms with van der Waals surface area (Å²) in [5.74, 6) is 0.0897. The maximum Gasteiger partial charge on any atom is 0.373 e. The fourth-order valence-electron chi connectivity index (χ4n) is 1.60. The van der Waals surface area contributed by atoms with Gasteiger partial charge in [0.25, 0.3) is 5.69 Å². The summed E-state index contributed by atoms with van der Waals surface area (Å²) in [5.41, 5.74) is 0.597. The summed E-state index contributed by atoms with van der Waals surface area (Å²) in [7, 11) is 1.27. The molecule has 2 aromatic rings. The predicted octanol–water partition coefficient (Wildman–Crippen LogP) is 2.59. The fourth-order valence-corrected chi connectivity index (χ4v) is 1.60. The van der Waals surface area contributed by atoms with Gasteiger partial charge >= 0.3 is 5.97 Å². The third kappa shape index (κ3) is 3.14. The molecule has 0 saturated carbocycles. The van der Waals surface area contributed by atoms with E-state index in [9.17, 15) is 14.9 Å².